The third-order valence-electron chi connectivity index (χ3n) is 22.4. The largest absolute Gasteiger partial charge is 0.508 e. The SMILES string of the molecule is CC1(C)Cc2cc(F)cc(C=Cc3ccc(OCc4ccccc4)cc3)c2O1.CC1(C)Cc2cc(F)cc(CCc3ccc(O)cc3)c2O1.CC1(C)Cc2cc(F)cc(CCl)c2O1.CC1(C)Cc2cc(F)cc(C[P+](c3ccccc3)(c3ccccc3)c3ccccc3)c2O1.Cl.O=Cc1ccc(OCc2ccccc2)cc1.c1ccc(P(c2ccccc2)c2ccccc2)cc1. The van der Waals surface area contributed by atoms with Gasteiger partial charge in [0.05, 0.1) is 5.88 Å². The van der Waals surface area contributed by atoms with Crippen molar-refractivity contribution in [2.45, 2.75) is 142 Å². The van der Waals surface area contributed by atoms with E-state index in [9.17, 15) is 27.5 Å². The Balaban J connectivity index is 0.000000137. The van der Waals surface area contributed by atoms with Crippen molar-refractivity contribution in [3.8, 4) is 40.2 Å². The van der Waals surface area contributed by atoms with Crippen LogP contribution in [0.3, 0.4) is 0 Å². The molecule has 0 saturated carbocycles. The number of carbonyl (C=O) groups is 1. The summed E-state index contributed by atoms with van der Waals surface area (Å²) < 4.78 is 91.2. The fourth-order valence-corrected chi connectivity index (χ4v) is 23.3. The standard InChI is InChI=1S/C29H27FOP.C25H23FO2.C18H19FO2.C18H15P.C14H12O2.C11H12ClFO.ClH/c1-29(2)20-22-18-24(30)19-23(28(22)31-29)21-32(25-12-6-3-7-13-25,26-14-8-4-9-15-26)27-16-10-5-11-17-27;1-25(2)16-21-15-22(26)14-20(24(21)28-25)11-8-18-9-12-23(13-10-18)27-17-19-6-4-3-5-7-19;1-18(2)11-14-10-15(19)9-13(17(14)21-18)6-3-12-4-7-16(20)8-5-12;1-4-10-16(11-5-1)19(17-12-6-2-7-13-17)18-14-8-3-9-15-18;15-10-12-6-8-14(9-7-12)16-11-13-4-2-1-3-5-13;1-11(2)5-7-3-9(13)4-8(6-12)10(7)14-11;/h3-19H,20-21H2,1-2H3;3-15H,16-17H2,1-2H3;4-5,7-10,20H,3,6,11H2,1-2H3;1-15H;1-10H,11H2;3-4H,5-6H2,1-2H3;1H/q+1;;;;;;. The van der Waals surface area contributed by atoms with E-state index in [1.165, 1.54) is 50.0 Å². The summed E-state index contributed by atoms with van der Waals surface area (Å²) in [5, 5.41) is 17.3. The number of carbonyl (C=O) groups excluding carboxylic acids is 1. The topological polar surface area (TPSA) is 92.7 Å². The summed E-state index contributed by atoms with van der Waals surface area (Å²) in [6.07, 6.45) is 9.84. The molecule has 15 aromatic rings. The lowest BCUT2D eigenvalue weighted by molar-refractivity contribution is 0.112. The summed E-state index contributed by atoms with van der Waals surface area (Å²) in [4.78, 5) is 10.5. The van der Waals surface area contributed by atoms with E-state index in [1.54, 1.807) is 66.7 Å². The molecule has 0 bridgehead atoms. The second-order valence-electron chi connectivity index (χ2n) is 35.1. The molecule has 0 aliphatic carbocycles. The van der Waals surface area contributed by atoms with E-state index in [1.807, 2.05) is 151 Å². The van der Waals surface area contributed by atoms with Crippen LogP contribution < -0.4 is 60.2 Å². The summed E-state index contributed by atoms with van der Waals surface area (Å²) in [7, 11) is -2.56. The maximum absolute atomic E-state index is 14.8. The molecule has 1 N–H and O–H groups in total. The average molecular weight is 1830 g/mol. The predicted octanol–water partition coefficient (Wildman–Crippen LogP) is 26.6. The van der Waals surface area contributed by atoms with Crippen LogP contribution >= 0.6 is 39.2 Å². The van der Waals surface area contributed by atoms with E-state index in [0.29, 0.717) is 31.4 Å². The van der Waals surface area contributed by atoms with Crippen molar-refractivity contribution in [2.75, 3.05) is 0 Å². The van der Waals surface area contributed by atoms with Crippen molar-refractivity contribution in [3.63, 3.8) is 0 Å². The molecule has 19 rings (SSSR count). The van der Waals surface area contributed by atoms with Gasteiger partial charge in [-0.05, 0) is 253 Å². The molecule has 0 radical (unpaired) electrons. The van der Waals surface area contributed by atoms with Crippen LogP contribution in [0.4, 0.5) is 17.6 Å². The highest BCUT2D eigenvalue weighted by Gasteiger charge is 2.48. The van der Waals surface area contributed by atoms with E-state index in [4.69, 9.17) is 40.0 Å². The number of hydrogen-bond acceptors (Lipinski definition) is 8. The lowest BCUT2D eigenvalue weighted by atomic mass is 9.98. The van der Waals surface area contributed by atoms with Gasteiger partial charge in [-0.2, -0.15) is 0 Å². The molecule has 0 saturated heterocycles. The summed E-state index contributed by atoms with van der Waals surface area (Å²) in [5.41, 5.74) is 11.1. The molecule has 0 unspecified atom stereocenters. The number of aldehydes is 1. The fraction of sp³-hybridized carbons (Fsp3) is 0.191. The number of aromatic hydroxyl groups is 1. The molecule has 4 aliphatic heterocycles. The van der Waals surface area contributed by atoms with Gasteiger partial charge in [-0.3, -0.25) is 4.79 Å². The highest BCUT2D eigenvalue weighted by Crippen LogP contribution is 2.60. The van der Waals surface area contributed by atoms with Gasteiger partial charge in [-0.25, -0.2) is 17.6 Å². The number of aryl methyl sites for hydroxylation is 2. The van der Waals surface area contributed by atoms with Crippen LogP contribution in [0.2, 0.25) is 0 Å². The van der Waals surface area contributed by atoms with Gasteiger partial charge >= 0.3 is 0 Å². The summed E-state index contributed by atoms with van der Waals surface area (Å²) in [6.45, 7) is 17.3. The second-order valence-corrected chi connectivity index (χ2v) is 41.0. The number of phenols is 1. The zero-order chi connectivity index (χ0) is 91.3. The van der Waals surface area contributed by atoms with Crippen LogP contribution in [0, 0.1) is 23.3 Å². The fourth-order valence-electron chi connectivity index (χ4n) is 16.6. The van der Waals surface area contributed by atoms with Crippen LogP contribution in [-0.2, 0) is 63.8 Å². The molecule has 16 heteroatoms. The first kappa shape index (κ1) is 96.0. The van der Waals surface area contributed by atoms with Gasteiger partial charge in [0.2, 0.25) is 0 Å². The van der Waals surface area contributed by atoms with Crippen molar-refractivity contribution in [1.82, 2.24) is 0 Å². The molecular formula is C115H109Cl2F4O8P2+. The van der Waals surface area contributed by atoms with E-state index < -0.39 is 15.2 Å². The van der Waals surface area contributed by atoms with Gasteiger partial charge in [0, 0.05) is 70.2 Å². The van der Waals surface area contributed by atoms with Gasteiger partial charge in [0.25, 0.3) is 0 Å². The van der Waals surface area contributed by atoms with Crippen LogP contribution in [0.1, 0.15) is 133 Å². The van der Waals surface area contributed by atoms with Crippen LogP contribution in [0.25, 0.3) is 12.2 Å². The number of rotatable bonds is 21. The quantitative estimate of drug-likeness (QED) is 0.0250. The first-order valence-electron chi connectivity index (χ1n) is 43.8. The normalized spacial score (nSPS) is 13.8. The zero-order valence-electron chi connectivity index (χ0n) is 74.9. The van der Waals surface area contributed by atoms with E-state index in [-0.39, 0.29) is 69.7 Å². The van der Waals surface area contributed by atoms with E-state index in [0.717, 1.165) is 140 Å². The van der Waals surface area contributed by atoms with Gasteiger partial charge in [0.15, 0.2) is 0 Å². The summed E-state index contributed by atoms with van der Waals surface area (Å²) in [5.74, 6) is 4.55. The molecule has 0 fully saturated rings. The number of fused-ring (bicyclic) bond motifs is 4. The molecular weight excluding hydrogens is 1720 g/mol. The molecule has 8 nitrogen and oxygen atoms in total. The zero-order valence-corrected chi connectivity index (χ0v) is 78.3. The second kappa shape index (κ2) is 44.4. The van der Waals surface area contributed by atoms with Crippen molar-refractivity contribution >= 4 is 89.5 Å². The Morgan fingerprint density at radius 1 is 0.359 bits per heavy atom. The minimum absolute atomic E-state index is 0. The number of benzene rings is 15. The smallest absolute Gasteiger partial charge is 0.150 e. The van der Waals surface area contributed by atoms with Crippen molar-refractivity contribution in [1.29, 1.82) is 0 Å². The number of phenolic OH excluding ortho intramolecular Hbond substituents is 1. The molecule has 0 aromatic heterocycles. The Labute approximate surface area is 781 Å². The Kier molecular flexibility index (Phi) is 32.5. The number of alkyl halides is 1. The third kappa shape index (κ3) is 26.2. The van der Waals surface area contributed by atoms with Crippen LogP contribution in [0.15, 0.2) is 364 Å². The van der Waals surface area contributed by atoms with Gasteiger partial charge in [0.1, 0.15) is 135 Å². The van der Waals surface area contributed by atoms with Gasteiger partial charge in [-0.15, -0.1) is 24.0 Å². The molecule has 4 aliphatic rings. The molecule has 668 valence electrons. The lowest BCUT2D eigenvalue weighted by Gasteiger charge is -2.28. The molecule has 0 amide bonds. The van der Waals surface area contributed by atoms with Gasteiger partial charge in [-0.1, -0.05) is 243 Å². The Morgan fingerprint density at radius 2 is 0.679 bits per heavy atom. The third-order valence-corrected chi connectivity index (χ3v) is 29.5. The molecule has 0 atom stereocenters. The Bertz CT molecular complexity index is 6050. The molecule has 0 spiro atoms. The maximum atomic E-state index is 14.8. The predicted molar refractivity (Wildman–Crippen MR) is 534 cm³/mol. The highest BCUT2D eigenvalue weighted by molar-refractivity contribution is 7.95. The Hall–Kier alpha value is -12.5. The van der Waals surface area contributed by atoms with E-state index >= 15 is 0 Å². The van der Waals surface area contributed by atoms with Crippen LogP contribution in [0.5, 0.6) is 40.2 Å². The monoisotopic (exact) mass is 1830 g/mol. The van der Waals surface area contributed by atoms with Crippen molar-refractivity contribution in [3.05, 3.63) is 460 Å². The maximum Gasteiger partial charge on any atom is 0.150 e. The number of hydrogen-bond donors (Lipinski definition) is 1. The lowest BCUT2D eigenvalue weighted by Crippen LogP contribution is -2.32. The van der Waals surface area contributed by atoms with Crippen LogP contribution in [-0.4, -0.2) is 33.8 Å². The Morgan fingerprint density at radius 3 is 1.06 bits per heavy atom. The number of halogens is 6. The molecule has 4 heterocycles. The first-order chi connectivity index (χ1) is 62.7. The van der Waals surface area contributed by atoms with Crippen molar-refractivity contribution < 1.29 is 55.9 Å². The minimum Gasteiger partial charge on any atom is -0.508 e. The molecule has 15 aromatic carbocycles. The first-order valence-corrected chi connectivity index (χ1v) is 47.6. The summed E-state index contributed by atoms with van der Waals surface area (Å²) >= 11 is 5.73. The number of ether oxygens (including phenoxy) is 6. The van der Waals surface area contributed by atoms with E-state index in [2.05, 4.69) is 196 Å². The average Bonchev–Trinajstić information content (AvgIpc) is 1.66. The van der Waals surface area contributed by atoms with Crippen molar-refractivity contribution in [2.24, 2.45) is 0 Å². The highest BCUT2D eigenvalue weighted by atomic mass is 35.5. The summed E-state index contributed by atoms with van der Waals surface area (Å²) in [6, 6.07) is 119. The van der Waals surface area contributed by atoms with Gasteiger partial charge < -0.3 is 33.5 Å². The molecule has 131 heavy (non-hydrogen) atoms. The minimum atomic E-state index is -2.12.